The van der Waals surface area contributed by atoms with Gasteiger partial charge in [-0.2, -0.15) is 0 Å². The van der Waals surface area contributed by atoms with Gasteiger partial charge in [0.25, 0.3) is 5.91 Å². The molecule has 0 atom stereocenters. The van der Waals surface area contributed by atoms with E-state index in [0.717, 1.165) is 29.1 Å². The summed E-state index contributed by atoms with van der Waals surface area (Å²) >= 11 is 3.36. The summed E-state index contributed by atoms with van der Waals surface area (Å²) in [4.78, 5) is 14.3. The molecule has 0 aliphatic carbocycles. The summed E-state index contributed by atoms with van der Waals surface area (Å²) in [6.07, 6.45) is 2.38. The number of carbonyl (C=O) groups excluding carboxylic acids is 1. The van der Waals surface area contributed by atoms with Gasteiger partial charge >= 0.3 is 0 Å². The summed E-state index contributed by atoms with van der Waals surface area (Å²) in [5.41, 5.74) is 1.05. The van der Waals surface area contributed by atoms with Crippen molar-refractivity contribution < 1.29 is 4.79 Å². The zero-order valence-electron chi connectivity index (χ0n) is 11.4. The number of anilines is 2. The Bertz CT molecular complexity index is 621. The van der Waals surface area contributed by atoms with E-state index in [2.05, 4.69) is 36.3 Å². The molecule has 1 fully saturated rings. The van der Waals surface area contributed by atoms with Gasteiger partial charge in [0.15, 0.2) is 11.5 Å². The maximum Gasteiger partial charge on any atom is 0.276 e. The summed E-state index contributed by atoms with van der Waals surface area (Å²) in [6.45, 7) is 2.03. The molecule has 1 aliphatic rings. The second kappa shape index (κ2) is 6.22. The first-order chi connectivity index (χ1) is 10.2. The average molecular weight is 347 g/mol. The molecule has 21 heavy (non-hydrogen) atoms. The van der Waals surface area contributed by atoms with Gasteiger partial charge in [0.1, 0.15) is 0 Å². The van der Waals surface area contributed by atoms with Crippen LogP contribution in [-0.4, -0.2) is 29.2 Å². The van der Waals surface area contributed by atoms with Crippen LogP contribution < -0.4 is 10.2 Å². The van der Waals surface area contributed by atoms with Crippen LogP contribution in [0.5, 0.6) is 0 Å². The van der Waals surface area contributed by atoms with Gasteiger partial charge in [-0.15, -0.1) is 10.2 Å². The van der Waals surface area contributed by atoms with E-state index in [1.807, 2.05) is 30.3 Å². The standard InChI is InChI=1S/C15H15BrN4O/c16-11-3-5-12(6-4-11)17-15(21)13-7-8-14(19-18-13)20-9-1-2-10-20/h3-8H,1-2,9-10H2,(H,17,21). The number of amides is 1. The van der Waals surface area contributed by atoms with Gasteiger partial charge in [-0.25, -0.2) is 0 Å². The van der Waals surface area contributed by atoms with Crippen LogP contribution >= 0.6 is 15.9 Å². The summed E-state index contributed by atoms with van der Waals surface area (Å²) in [6, 6.07) is 11.0. The van der Waals surface area contributed by atoms with E-state index in [4.69, 9.17) is 0 Å². The van der Waals surface area contributed by atoms with Gasteiger partial charge in [-0.3, -0.25) is 4.79 Å². The Balaban J connectivity index is 1.68. The Morgan fingerprint density at radius 3 is 2.38 bits per heavy atom. The first-order valence-electron chi connectivity index (χ1n) is 6.88. The molecular weight excluding hydrogens is 332 g/mol. The Kier molecular flexibility index (Phi) is 4.15. The molecule has 2 aromatic rings. The molecule has 0 bridgehead atoms. The molecule has 0 spiro atoms. The molecule has 1 aliphatic heterocycles. The van der Waals surface area contributed by atoms with Crippen molar-refractivity contribution in [3.8, 4) is 0 Å². The van der Waals surface area contributed by atoms with E-state index in [1.54, 1.807) is 6.07 Å². The lowest BCUT2D eigenvalue weighted by Gasteiger charge is -2.15. The molecule has 1 N–H and O–H groups in total. The van der Waals surface area contributed by atoms with Crippen molar-refractivity contribution in [2.45, 2.75) is 12.8 Å². The lowest BCUT2D eigenvalue weighted by atomic mass is 10.3. The smallest absolute Gasteiger partial charge is 0.276 e. The number of benzene rings is 1. The molecule has 0 radical (unpaired) electrons. The second-order valence-electron chi connectivity index (χ2n) is 4.93. The maximum atomic E-state index is 12.1. The van der Waals surface area contributed by atoms with Crippen LogP contribution in [0, 0.1) is 0 Å². The number of carbonyl (C=O) groups is 1. The number of nitrogens with zero attached hydrogens (tertiary/aromatic N) is 3. The third kappa shape index (κ3) is 3.39. The third-order valence-corrected chi connectivity index (χ3v) is 3.94. The Labute approximate surface area is 131 Å². The van der Waals surface area contributed by atoms with Crippen LogP contribution in [0.3, 0.4) is 0 Å². The monoisotopic (exact) mass is 346 g/mol. The van der Waals surface area contributed by atoms with Crippen molar-refractivity contribution in [2.24, 2.45) is 0 Å². The number of rotatable bonds is 3. The lowest BCUT2D eigenvalue weighted by Crippen LogP contribution is -2.20. The first-order valence-corrected chi connectivity index (χ1v) is 7.67. The second-order valence-corrected chi connectivity index (χ2v) is 5.85. The van der Waals surface area contributed by atoms with E-state index in [0.29, 0.717) is 5.69 Å². The van der Waals surface area contributed by atoms with E-state index in [-0.39, 0.29) is 5.91 Å². The van der Waals surface area contributed by atoms with Gasteiger partial charge in [0, 0.05) is 23.2 Å². The van der Waals surface area contributed by atoms with Crippen molar-refractivity contribution in [3.63, 3.8) is 0 Å². The first kappa shape index (κ1) is 14.0. The molecule has 5 nitrogen and oxygen atoms in total. The fourth-order valence-corrected chi connectivity index (χ4v) is 2.55. The lowest BCUT2D eigenvalue weighted by molar-refractivity contribution is 0.102. The highest BCUT2D eigenvalue weighted by Gasteiger charge is 2.15. The van der Waals surface area contributed by atoms with Crippen molar-refractivity contribution in [1.29, 1.82) is 0 Å². The third-order valence-electron chi connectivity index (χ3n) is 3.42. The number of halogens is 1. The maximum absolute atomic E-state index is 12.1. The van der Waals surface area contributed by atoms with Gasteiger partial charge in [-0.1, -0.05) is 15.9 Å². The number of nitrogens with one attached hydrogen (secondary N) is 1. The number of hydrogen-bond donors (Lipinski definition) is 1. The van der Waals surface area contributed by atoms with Gasteiger partial charge in [0.05, 0.1) is 0 Å². The zero-order valence-corrected chi connectivity index (χ0v) is 13.0. The highest BCUT2D eigenvalue weighted by molar-refractivity contribution is 9.10. The minimum atomic E-state index is -0.252. The normalized spacial score (nSPS) is 14.2. The highest BCUT2D eigenvalue weighted by atomic mass is 79.9. The van der Waals surface area contributed by atoms with Crippen molar-refractivity contribution in [1.82, 2.24) is 10.2 Å². The molecule has 1 aromatic heterocycles. The Morgan fingerprint density at radius 1 is 1.05 bits per heavy atom. The van der Waals surface area contributed by atoms with Crippen LogP contribution in [0.15, 0.2) is 40.9 Å². The van der Waals surface area contributed by atoms with Gasteiger partial charge in [0.2, 0.25) is 0 Å². The number of aromatic nitrogens is 2. The van der Waals surface area contributed by atoms with Crippen molar-refractivity contribution in [3.05, 3.63) is 46.6 Å². The van der Waals surface area contributed by atoms with Crippen LogP contribution in [0.4, 0.5) is 11.5 Å². The molecule has 3 rings (SSSR count). The molecular formula is C15H15BrN4O. The fourth-order valence-electron chi connectivity index (χ4n) is 2.29. The quantitative estimate of drug-likeness (QED) is 0.927. The van der Waals surface area contributed by atoms with Crippen LogP contribution in [0.1, 0.15) is 23.3 Å². The average Bonchev–Trinajstić information content (AvgIpc) is 3.04. The van der Waals surface area contributed by atoms with E-state index in [9.17, 15) is 4.79 Å². The molecule has 6 heteroatoms. The van der Waals surface area contributed by atoms with Crippen LogP contribution in [-0.2, 0) is 0 Å². The van der Waals surface area contributed by atoms with E-state index >= 15 is 0 Å². The molecule has 1 saturated heterocycles. The summed E-state index contributed by atoms with van der Waals surface area (Å²) in [5, 5.41) is 11.0. The van der Waals surface area contributed by atoms with Gasteiger partial charge < -0.3 is 10.2 Å². The van der Waals surface area contributed by atoms with E-state index in [1.165, 1.54) is 12.8 Å². The molecule has 0 saturated carbocycles. The Hall–Kier alpha value is -1.95. The largest absolute Gasteiger partial charge is 0.355 e. The topological polar surface area (TPSA) is 58.1 Å². The van der Waals surface area contributed by atoms with Crippen LogP contribution in [0.25, 0.3) is 0 Å². The summed E-state index contributed by atoms with van der Waals surface area (Å²) in [7, 11) is 0. The minimum Gasteiger partial charge on any atom is -0.355 e. The molecule has 2 heterocycles. The molecule has 1 aromatic carbocycles. The minimum absolute atomic E-state index is 0.252. The van der Waals surface area contributed by atoms with Crippen molar-refractivity contribution in [2.75, 3.05) is 23.3 Å². The summed E-state index contributed by atoms with van der Waals surface area (Å²) in [5.74, 6) is 0.588. The van der Waals surface area contributed by atoms with Crippen molar-refractivity contribution >= 4 is 33.3 Å². The molecule has 1 amide bonds. The highest BCUT2D eigenvalue weighted by Crippen LogP contribution is 2.17. The SMILES string of the molecule is O=C(Nc1ccc(Br)cc1)c1ccc(N2CCCC2)nn1. The van der Waals surface area contributed by atoms with E-state index < -0.39 is 0 Å². The summed E-state index contributed by atoms with van der Waals surface area (Å²) < 4.78 is 0.968. The Morgan fingerprint density at radius 2 is 1.76 bits per heavy atom. The zero-order chi connectivity index (χ0) is 14.7. The molecule has 0 unspecified atom stereocenters. The molecule has 108 valence electrons. The van der Waals surface area contributed by atoms with Gasteiger partial charge in [-0.05, 0) is 49.2 Å². The van der Waals surface area contributed by atoms with Crippen LogP contribution in [0.2, 0.25) is 0 Å². The fraction of sp³-hybridized carbons (Fsp3) is 0.267. The predicted octanol–water partition coefficient (Wildman–Crippen LogP) is 3.09. The predicted molar refractivity (Wildman–Crippen MR) is 85.6 cm³/mol. The number of hydrogen-bond acceptors (Lipinski definition) is 4.